The molecular weight excluding hydrogens is 398 g/mol. The first-order chi connectivity index (χ1) is 12.0. The van der Waals surface area contributed by atoms with Gasteiger partial charge in [-0.15, -0.1) is 0 Å². The van der Waals surface area contributed by atoms with Crippen molar-refractivity contribution in [3.63, 3.8) is 0 Å². The van der Waals surface area contributed by atoms with Crippen LogP contribution < -0.4 is 10.0 Å². The average Bonchev–Trinajstić information content (AvgIpc) is 2.54. The SMILES string of the molecule is CCc1cc([N+](=O)[O-])c([PH](=O)O)cc1Oc1ccc(C(F)(F)F)cc1Cl. The summed E-state index contributed by atoms with van der Waals surface area (Å²) < 4.78 is 54.9. The van der Waals surface area contributed by atoms with Crippen molar-refractivity contribution >= 4 is 30.6 Å². The molecule has 2 aromatic carbocycles. The van der Waals surface area contributed by atoms with Crippen molar-refractivity contribution < 1.29 is 32.3 Å². The van der Waals surface area contributed by atoms with E-state index in [9.17, 15) is 32.7 Å². The van der Waals surface area contributed by atoms with Crippen molar-refractivity contribution in [2.45, 2.75) is 19.5 Å². The van der Waals surface area contributed by atoms with Crippen LogP contribution in [0.3, 0.4) is 0 Å². The number of nitro groups is 1. The van der Waals surface area contributed by atoms with Gasteiger partial charge in [-0.2, -0.15) is 13.2 Å². The first-order valence-corrected chi connectivity index (χ1v) is 8.87. The third-order valence-corrected chi connectivity index (χ3v) is 4.62. The number of rotatable bonds is 5. The van der Waals surface area contributed by atoms with Gasteiger partial charge in [0.25, 0.3) is 5.69 Å². The summed E-state index contributed by atoms with van der Waals surface area (Å²) >= 11 is 5.83. The Morgan fingerprint density at radius 3 is 2.38 bits per heavy atom. The van der Waals surface area contributed by atoms with E-state index in [1.165, 1.54) is 0 Å². The van der Waals surface area contributed by atoms with Crippen LogP contribution in [0.25, 0.3) is 0 Å². The van der Waals surface area contributed by atoms with E-state index >= 15 is 0 Å². The first kappa shape index (κ1) is 20.2. The number of benzene rings is 2. The maximum atomic E-state index is 12.7. The maximum Gasteiger partial charge on any atom is 0.416 e. The number of aryl methyl sites for hydroxylation is 1. The lowest BCUT2D eigenvalue weighted by Gasteiger charge is -2.14. The molecule has 0 saturated carbocycles. The summed E-state index contributed by atoms with van der Waals surface area (Å²) in [4.78, 5) is 19.6. The van der Waals surface area contributed by atoms with Gasteiger partial charge in [-0.05, 0) is 24.6 Å². The summed E-state index contributed by atoms with van der Waals surface area (Å²) in [7, 11) is -3.41. The van der Waals surface area contributed by atoms with Crippen LogP contribution in [-0.2, 0) is 17.2 Å². The van der Waals surface area contributed by atoms with Crippen molar-refractivity contribution in [1.82, 2.24) is 0 Å². The Morgan fingerprint density at radius 2 is 1.92 bits per heavy atom. The van der Waals surface area contributed by atoms with Crippen LogP contribution in [-0.4, -0.2) is 9.82 Å². The van der Waals surface area contributed by atoms with E-state index in [2.05, 4.69) is 0 Å². The molecule has 0 aliphatic heterocycles. The van der Waals surface area contributed by atoms with Gasteiger partial charge in [0.15, 0.2) is 0 Å². The van der Waals surface area contributed by atoms with Crippen molar-refractivity contribution in [3.8, 4) is 11.5 Å². The molecular formula is C15H12ClF3NO5P. The highest BCUT2D eigenvalue weighted by atomic mass is 35.5. The molecule has 0 bridgehead atoms. The number of ether oxygens (including phenoxy) is 1. The van der Waals surface area contributed by atoms with E-state index < -0.39 is 35.7 Å². The van der Waals surface area contributed by atoms with Gasteiger partial charge in [0.05, 0.1) is 15.5 Å². The standard InChI is InChI=1S/C15H12ClF3NO5P/c1-2-8-5-11(20(21)22)14(26(23)24)7-13(8)25-12-4-3-9(6-10(12)16)15(17,18)19/h3-7,26H,2H2,1H3,(H,23,24). The molecule has 11 heteroatoms. The second-order valence-electron chi connectivity index (χ2n) is 5.14. The van der Waals surface area contributed by atoms with E-state index in [1.807, 2.05) is 0 Å². The van der Waals surface area contributed by atoms with Gasteiger partial charge in [0.1, 0.15) is 16.8 Å². The Kier molecular flexibility index (Phi) is 5.95. The Morgan fingerprint density at radius 1 is 1.27 bits per heavy atom. The van der Waals surface area contributed by atoms with Crippen LogP contribution in [0.2, 0.25) is 5.02 Å². The fraction of sp³-hybridized carbons (Fsp3) is 0.200. The van der Waals surface area contributed by atoms with Gasteiger partial charge >= 0.3 is 6.18 Å². The quantitative estimate of drug-likeness (QED) is 0.438. The average molecular weight is 410 g/mol. The highest BCUT2D eigenvalue weighted by molar-refractivity contribution is 7.47. The van der Waals surface area contributed by atoms with Crippen LogP contribution in [0.4, 0.5) is 18.9 Å². The lowest BCUT2D eigenvalue weighted by molar-refractivity contribution is -0.383. The number of alkyl halides is 3. The molecule has 0 radical (unpaired) electrons. The van der Waals surface area contributed by atoms with Gasteiger partial charge in [-0.1, -0.05) is 18.5 Å². The van der Waals surface area contributed by atoms with Gasteiger partial charge in [0, 0.05) is 17.7 Å². The molecule has 1 N–H and O–H groups in total. The highest BCUT2D eigenvalue weighted by Crippen LogP contribution is 2.38. The van der Waals surface area contributed by atoms with Crippen LogP contribution in [0, 0.1) is 10.1 Å². The van der Waals surface area contributed by atoms with E-state index in [0.717, 1.165) is 24.3 Å². The molecule has 1 atom stereocenters. The molecule has 2 aromatic rings. The van der Waals surface area contributed by atoms with E-state index in [-0.39, 0.29) is 22.9 Å². The van der Waals surface area contributed by atoms with Crippen molar-refractivity contribution in [2.24, 2.45) is 0 Å². The zero-order valence-electron chi connectivity index (χ0n) is 13.1. The second-order valence-corrected chi connectivity index (χ2v) is 6.69. The Labute approximate surface area is 151 Å². The van der Waals surface area contributed by atoms with E-state index in [1.54, 1.807) is 6.92 Å². The minimum atomic E-state index is -4.58. The Balaban J connectivity index is 2.51. The zero-order valence-corrected chi connectivity index (χ0v) is 14.9. The Hall–Kier alpha value is -2.09. The van der Waals surface area contributed by atoms with E-state index in [4.69, 9.17) is 16.3 Å². The summed E-state index contributed by atoms with van der Waals surface area (Å²) in [5, 5.41) is 10.3. The highest BCUT2D eigenvalue weighted by Gasteiger charge is 2.31. The molecule has 0 aliphatic carbocycles. The van der Waals surface area contributed by atoms with E-state index in [0.29, 0.717) is 11.6 Å². The molecule has 0 spiro atoms. The van der Waals surface area contributed by atoms with Crippen LogP contribution >= 0.6 is 19.6 Å². The van der Waals surface area contributed by atoms with Crippen LogP contribution in [0.1, 0.15) is 18.1 Å². The molecule has 6 nitrogen and oxygen atoms in total. The van der Waals surface area contributed by atoms with Gasteiger partial charge in [-0.3, -0.25) is 14.7 Å². The largest absolute Gasteiger partial charge is 0.455 e. The van der Waals surface area contributed by atoms with Gasteiger partial charge in [0.2, 0.25) is 8.03 Å². The molecule has 2 rings (SSSR count). The van der Waals surface area contributed by atoms with Crippen molar-refractivity contribution in [3.05, 3.63) is 56.6 Å². The fourth-order valence-electron chi connectivity index (χ4n) is 2.18. The summed E-state index contributed by atoms with van der Waals surface area (Å²) in [5.41, 5.74) is -1.16. The molecule has 0 aliphatic rings. The fourth-order valence-corrected chi connectivity index (χ4v) is 3.04. The molecule has 0 saturated heterocycles. The molecule has 0 aromatic heterocycles. The molecule has 0 amide bonds. The van der Waals surface area contributed by atoms with Crippen molar-refractivity contribution in [1.29, 1.82) is 0 Å². The number of nitrogens with zero attached hydrogens (tertiary/aromatic N) is 1. The molecule has 140 valence electrons. The zero-order chi connectivity index (χ0) is 19.6. The van der Waals surface area contributed by atoms with Crippen LogP contribution in [0.5, 0.6) is 11.5 Å². The molecule has 0 heterocycles. The van der Waals surface area contributed by atoms with Crippen molar-refractivity contribution in [2.75, 3.05) is 0 Å². The lowest BCUT2D eigenvalue weighted by atomic mass is 10.1. The predicted molar refractivity (Wildman–Crippen MR) is 89.9 cm³/mol. The number of hydrogen-bond donors (Lipinski definition) is 1. The second kappa shape index (κ2) is 7.65. The Bertz CT molecular complexity index is 888. The third-order valence-electron chi connectivity index (χ3n) is 3.47. The monoisotopic (exact) mass is 409 g/mol. The number of hydrogen-bond acceptors (Lipinski definition) is 4. The lowest BCUT2D eigenvalue weighted by Crippen LogP contribution is -2.08. The summed E-state index contributed by atoms with van der Waals surface area (Å²) in [5.74, 6) is -0.117. The normalized spacial score (nSPS) is 12.7. The summed E-state index contributed by atoms with van der Waals surface area (Å²) in [6.07, 6.45) is -4.30. The summed E-state index contributed by atoms with van der Waals surface area (Å²) in [6.45, 7) is 1.67. The number of nitro benzene ring substituents is 1. The van der Waals surface area contributed by atoms with Gasteiger partial charge in [-0.25, -0.2) is 0 Å². The van der Waals surface area contributed by atoms with Crippen LogP contribution in [0.15, 0.2) is 30.3 Å². The molecule has 26 heavy (non-hydrogen) atoms. The van der Waals surface area contributed by atoms with Gasteiger partial charge < -0.3 is 9.63 Å². The number of halogens is 4. The smallest absolute Gasteiger partial charge is 0.416 e. The molecule has 0 fully saturated rings. The predicted octanol–water partition coefficient (Wildman–Crippen LogP) is 4.71. The minimum Gasteiger partial charge on any atom is -0.455 e. The molecule has 1 unspecified atom stereocenters. The minimum absolute atomic E-state index is 0.00200. The third kappa shape index (κ3) is 4.35. The topological polar surface area (TPSA) is 89.7 Å². The summed E-state index contributed by atoms with van der Waals surface area (Å²) in [6, 6.07) is 4.60. The first-order valence-electron chi connectivity index (χ1n) is 7.13. The maximum absolute atomic E-state index is 12.7.